The van der Waals surface area contributed by atoms with Gasteiger partial charge in [-0.2, -0.15) is 0 Å². The van der Waals surface area contributed by atoms with Crippen LogP contribution in [0.4, 0.5) is 0 Å². The second kappa shape index (κ2) is 9.51. The highest BCUT2D eigenvalue weighted by atomic mass is 16.3. The largest absolute Gasteiger partial charge is 0.396 e. The standard InChI is InChI=1S/C17H34O3/c1-16(2,13-18)11-7-5-9-15(20)10-6-8-12-17(3,4)14-19/h18-19H,5-14H2,1-4H3. The number of carbonyl (C=O) groups is 1. The molecule has 0 radical (unpaired) electrons. The van der Waals surface area contributed by atoms with E-state index in [1.807, 2.05) is 0 Å². The maximum absolute atomic E-state index is 11.7. The summed E-state index contributed by atoms with van der Waals surface area (Å²) in [6.07, 6.45) is 7.18. The zero-order chi connectivity index (χ0) is 15.6. The zero-order valence-electron chi connectivity index (χ0n) is 13.9. The molecular weight excluding hydrogens is 252 g/mol. The Bertz CT molecular complexity index is 243. The Hall–Kier alpha value is -0.410. The number of hydrogen-bond donors (Lipinski definition) is 2. The smallest absolute Gasteiger partial charge is 0.132 e. The molecule has 3 nitrogen and oxygen atoms in total. The summed E-state index contributed by atoms with van der Waals surface area (Å²) in [6.45, 7) is 8.63. The average molecular weight is 286 g/mol. The van der Waals surface area contributed by atoms with E-state index in [9.17, 15) is 4.79 Å². The van der Waals surface area contributed by atoms with Gasteiger partial charge in [0.25, 0.3) is 0 Å². The summed E-state index contributed by atoms with van der Waals surface area (Å²) in [4.78, 5) is 11.7. The molecule has 0 saturated heterocycles. The molecule has 0 aliphatic rings. The van der Waals surface area contributed by atoms with E-state index in [-0.39, 0.29) is 24.0 Å². The Morgan fingerprint density at radius 2 is 1.10 bits per heavy atom. The molecule has 120 valence electrons. The fourth-order valence-corrected chi connectivity index (χ4v) is 2.13. The van der Waals surface area contributed by atoms with Crippen LogP contribution in [0.2, 0.25) is 0 Å². The lowest BCUT2D eigenvalue weighted by atomic mass is 9.87. The van der Waals surface area contributed by atoms with Crippen molar-refractivity contribution < 1.29 is 15.0 Å². The predicted octanol–water partition coefficient (Wildman–Crippen LogP) is 3.71. The number of hydrogen-bond acceptors (Lipinski definition) is 3. The van der Waals surface area contributed by atoms with Crippen LogP contribution in [0.3, 0.4) is 0 Å². The summed E-state index contributed by atoms with van der Waals surface area (Å²) >= 11 is 0. The van der Waals surface area contributed by atoms with E-state index >= 15 is 0 Å². The Balaban J connectivity index is 3.56. The molecule has 0 bridgehead atoms. The van der Waals surface area contributed by atoms with Gasteiger partial charge in [-0.05, 0) is 36.5 Å². The van der Waals surface area contributed by atoms with Gasteiger partial charge in [-0.3, -0.25) is 4.79 Å². The van der Waals surface area contributed by atoms with Crippen molar-refractivity contribution in [1.29, 1.82) is 0 Å². The maximum atomic E-state index is 11.7. The molecule has 0 fully saturated rings. The first-order chi connectivity index (χ1) is 9.22. The minimum absolute atomic E-state index is 0.0150. The van der Waals surface area contributed by atoms with Crippen molar-refractivity contribution in [2.45, 2.75) is 79.1 Å². The predicted molar refractivity (Wildman–Crippen MR) is 83.7 cm³/mol. The van der Waals surface area contributed by atoms with Crippen molar-refractivity contribution >= 4 is 5.78 Å². The van der Waals surface area contributed by atoms with E-state index in [2.05, 4.69) is 27.7 Å². The molecule has 0 atom stereocenters. The van der Waals surface area contributed by atoms with Crippen molar-refractivity contribution in [2.24, 2.45) is 10.8 Å². The molecule has 3 heteroatoms. The maximum Gasteiger partial charge on any atom is 0.132 e. The van der Waals surface area contributed by atoms with Crippen molar-refractivity contribution in [2.75, 3.05) is 13.2 Å². The first kappa shape index (κ1) is 19.6. The Morgan fingerprint density at radius 3 is 1.40 bits per heavy atom. The fraction of sp³-hybridized carbons (Fsp3) is 0.941. The lowest BCUT2D eigenvalue weighted by Gasteiger charge is -2.21. The molecule has 0 aromatic carbocycles. The van der Waals surface area contributed by atoms with Gasteiger partial charge in [-0.25, -0.2) is 0 Å². The van der Waals surface area contributed by atoms with E-state index in [0.29, 0.717) is 18.6 Å². The van der Waals surface area contributed by atoms with E-state index in [0.717, 1.165) is 38.5 Å². The number of aliphatic hydroxyl groups is 2. The molecular formula is C17H34O3. The topological polar surface area (TPSA) is 57.5 Å². The fourth-order valence-electron chi connectivity index (χ4n) is 2.13. The van der Waals surface area contributed by atoms with Crippen LogP contribution in [0.15, 0.2) is 0 Å². The quantitative estimate of drug-likeness (QED) is 0.538. The summed E-state index contributed by atoms with van der Waals surface area (Å²) < 4.78 is 0. The van der Waals surface area contributed by atoms with Gasteiger partial charge in [0, 0.05) is 26.1 Å². The molecule has 0 unspecified atom stereocenters. The summed E-state index contributed by atoms with van der Waals surface area (Å²) in [5, 5.41) is 18.3. The SMILES string of the molecule is CC(C)(CO)CCCCC(=O)CCCCC(C)(C)CO. The van der Waals surface area contributed by atoms with E-state index < -0.39 is 0 Å². The number of Topliss-reactive ketones (excluding diaryl/α,β-unsaturated/α-hetero) is 1. The monoisotopic (exact) mass is 286 g/mol. The van der Waals surface area contributed by atoms with Gasteiger partial charge in [-0.15, -0.1) is 0 Å². The lowest BCUT2D eigenvalue weighted by molar-refractivity contribution is -0.119. The van der Waals surface area contributed by atoms with Crippen LogP contribution in [0, 0.1) is 10.8 Å². The van der Waals surface area contributed by atoms with Crippen molar-refractivity contribution in [3.8, 4) is 0 Å². The highest BCUT2D eigenvalue weighted by Gasteiger charge is 2.17. The molecule has 0 rings (SSSR count). The second-order valence-corrected chi connectivity index (χ2v) is 7.60. The molecule has 0 aliphatic carbocycles. The van der Waals surface area contributed by atoms with Gasteiger partial charge >= 0.3 is 0 Å². The minimum atomic E-state index is -0.0150. The van der Waals surface area contributed by atoms with Crippen LogP contribution in [-0.4, -0.2) is 29.2 Å². The van der Waals surface area contributed by atoms with Crippen LogP contribution in [-0.2, 0) is 4.79 Å². The van der Waals surface area contributed by atoms with Crippen molar-refractivity contribution in [1.82, 2.24) is 0 Å². The molecule has 20 heavy (non-hydrogen) atoms. The summed E-state index contributed by atoms with van der Waals surface area (Å²) in [6, 6.07) is 0. The van der Waals surface area contributed by atoms with Crippen LogP contribution in [0.1, 0.15) is 79.1 Å². The molecule has 0 amide bonds. The normalized spacial score (nSPS) is 12.7. The van der Waals surface area contributed by atoms with E-state index in [4.69, 9.17) is 10.2 Å². The average Bonchev–Trinajstić information content (AvgIpc) is 2.40. The third kappa shape index (κ3) is 10.4. The number of rotatable bonds is 12. The third-order valence-electron chi connectivity index (χ3n) is 3.97. The summed E-state index contributed by atoms with van der Waals surface area (Å²) in [7, 11) is 0. The highest BCUT2D eigenvalue weighted by Crippen LogP contribution is 2.24. The van der Waals surface area contributed by atoms with Crippen LogP contribution >= 0.6 is 0 Å². The second-order valence-electron chi connectivity index (χ2n) is 7.60. The summed E-state index contributed by atoms with van der Waals surface area (Å²) in [5.74, 6) is 0.355. The molecule has 0 heterocycles. The van der Waals surface area contributed by atoms with Crippen LogP contribution < -0.4 is 0 Å². The third-order valence-corrected chi connectivity index (χ3v) is 3.97. The molecule has 0 aliphatic heterocycles. The Kier molecular flexibility index (Phi) is 9.32. The molecule has 0 saturated carbocycles. The van der Waals surface area contributed by atoms with E-state index in [1.54, 1.807) is 0 Å². The van der Waals surface area contributed by atoms with Gasteiger partial charge in [0.1, 0.15) is 5.78 Å². The van der Waals surface area contributed by atoms with Gasteiger partial charge in [0.2, 0.25) is 0 Å². The van der Waals surface area contributed by atoms with Crippen molar-refractivity contribution in [3.05, 3.63) is 0 Å². The highest BCUT2D eigenvalue weighted by molar-refractivity contribution is 5.78. The summed E-state index contributed by atoms with van der Waals surface area (Å²) in [5.41, 5.74) is -0.0299. The number of aliphatic hydroxyl groups excluding tert-OH is 2. The molecule has 0 aromatic heterocycles. The minimum Gasteiger partial charge on any atom is -0.396 e. The molecule has 0 aromatic rings. The first-order valence-corrected chi connectivity index (χ1v) is 7.96. The van der Waals surface area contributed by atoms with Gasteiger partial charge in [0.15, 0.2) is 0 Å². The van der Waals surface area contributed by atoms with E-state index in [1.165, 1.54) is 0 Å². The lowest BCUT2D eigenvalue weighted by Crippen LogP contribution is -2.16. The van der Waals surface area contributed by atoms with Gasteiger partial charge in [0.05, 0.1) is 0 Å². The number of unbranched alkanes of at least 4 members (excludes halogenated alkanes) is 2. The van der Waals surface area contributed by atoms with Crippen molar-refractivity contribution in [3.63, 3.8) is 0 Å². The van der Waals surface area contributed by atoms with Gasteiger partial charge < -0.3 is 10.2 Å². The zero-order valence-corrected chi connectivity index (χ0v) is 13.9. The van der Waals surface area contributed by atoms with Crippen LogP contribution in [0.5, 0.6) is 0 Å². The Morgan fingerprint density at radius 1 is 0.750 bits per heavy atom. The van der Waals surface area contributed by atoms with Crippen LogP contribution in [0.25, 0.3) is 0 Å². The Labute approximate surface area is 124 Å². The first-order valence-electron chi connectivity index (χ1n) is 7.96. The number of ketones is 1. The van der Waals surface area contributed by atoms with Gasteiger partial charge in [-0.1, -0.05) is 40.5 Å². The number of carbonyl (C=O) groups excluding carboxylic acids is 1. The molecule has 0 spiro atoms. The molecule has 2 N–H and O–H groups in total.